The van der Waals surface area contributed by atoms with Crippen LogP contribution in [0.5, 0.6) is 0 Å². The molecule has 4 rings (SSSR count). The lowest BCUT2D eigenvalue weighted by atomic mass is 10.1. The van der Waals surface area contributed by atoms with Gasteiger partial charge in [0, 0.05) is 26.2 Å². The third kappa shape index (κ3) is 4.12. The molecule has 8 heteroatoms. The summed E-state index contributed by atoms with van der Waals surface area (Å²) in [5.41, 5.74) is 1.84. The van der Waals surface area contributed by atoms with Gasteiger partial charge in [-0.25, -0.2) is 9.97 Å². The number of imidazole rings is 1. The van der Waals surface area contributed by atoms with Crippen LogP contribution in [-0.2, 0) is 6.42 Å². The van der Waals surface area contributed by atoms with E-state index in [2.05, 4.69) is 54.3 Å². The van der Waals surface area contributed by atoms with Crippen LogP contribution in [0.2, 0.25) is 0 Å². The van der Waals surface area contributed by atoms with E-state index < -0.39 is 0 Å². The van der Waals surface area contributed by atoms with Crippen molar-refractivity contribution in [3.05, 3.63) is 65.8 Å². The average molecular weight is 379 g/mol. The van der Waals surface area contributed by atoms with Gasteiger partial charge in [-0.3, -0.25) is 14.8 Å². The molecule has 1 aliphatic rings. The number of aryl methyl sites for hydroxylation is 1. The van der Waals surface area contributed by atoms with Crippen molar-refractivity contribution in [2.24, 2.45) is 0 Å². The van der Waals surface area contributed by atoms with Crippen molar-refractivity contribution in [2.75, 3.05) is 26.2 Å². The van der Waals surface area contributed by atoms with Gasteiger partial charge in [-0.05, 0) is 25.3 Å². The van der Waals surface area contributed by atoms with Crippen LogP contribution in [0, 0.1) is 6.92 Å². The van der Waals surface area contributed by atoms with Crippen LogP contribution < -0.4 is 0 Å². The van der Waals surface area contributed by atoms with Crippen molar-refractivity contribution in [1.82, 2.24) is 34.9 Å². The van der Waals surface area contributed by atoms with E-state index in [0.717, 1.165) is 37.6 Å². The molecule has 3 heterocycles. The van der Waals surface area contributed by atoms with Crippen LogP contribution in [0.1, 0.15) is 40.2 Å². The number of hydrogen-bond donors (Lipinski definition) is 2. The molecule has 1 aromatic carbocycles. The average Bonchev–Trinajstić information content (AvgIpc) is 3.35. The van der Waals surface area contributed by atoms with Crippen molar-refractivity contribution in [2.45, 2.75) is 25.8 Å². The van der Waals surface area contributed by atoms with E-state index in [4.69, 9.17) is 0 Å². The quantitative estimate of drug-likeness (QED) is 0.707. The molecule has 2 N–H and O–H groups in total. The topological polar surface area (TPSA) is 93.8 Å². The number of aromatic nitrogens is 5. The van der Waals surface area contributed by atoms with E-state index in [0.29, 0.717) is 18.8 Å². The summed E-state index contributed by atoms with van der Waals surface area (Å²) in [6, 6.07) is 10.6. The Bertz CT molecular complexity index is 890. The van der Waals surface area contributed by atoms with E-state index in [9.17, 15) is 4.79 Å². The van der Waals surface area contributed by atoms with Gasteiger partial charge in [0.1, 0.15) is 11.5 Å². The summed E-state index contributed by atoms with van der Waals surface area (Å²) in [6.07, 6.45) is 4.87. The fourth-order valence-electron chi connectivity index (χ4n) is 3.71. The van der Waals surface area contributed by atoms with Crippen LogP contribution in [0.15, 0.2) is 42.9 Å². The van der Waals surface area contributed by atoms with Gasteiger partial charge < -0.3 is 9.88 Å². The molecule has 2 aromatic heterocycles. The van der Waals surface area contributed by atoms with Crippen LogP contribution in [0.4, 0.5) is 0 Å². The SMILES string of the molecule is Cc1nc(C2CCN(C(=O)c3cnc[nH]3)CCN2CCc2ccccc2)n[nH]1. The Morgan fingerprint density at radius 2 is 2.07 bits per heavy atom. The number of amides is 1. The molecule has 0 spiro atoms. The molecule has 0 saturated carbocycles. The highest BCUT2D eigenvalue weighted by Gasteiger charge is 2.30. The molecule has 1 saturated heterocycles. The molecule has 1 fully saturated rings. The van der Waals surface area contributed by atoms with E-state index >= 15 is 0 Å². The molecule has 3 aromatic rings. The summed E-state index contributed by atoms with van der Waals surface area (Å²) in [4.78, 5) is 28.5. The first-order valence-electron chi connectivity index (χ1n) is 9.65. The number of benzene rings is 1. The van der Waals surface area contributed by atoms with E-state index in [1.54, 1.807) is 6.20 Å². The summed E-state index contributed by atoms with van der Waals surface area (Å²) >= 11 is 0. The molecule has 1 amide bonds. The minimum absolute atomic E-state index is 0.00710. The second kappa shape index (κ2) is 8.35. The number of carbonyl (C=O) groups is 1. The number of H-pyrrole nitrogens is 2. The third-order valence-corrected chi connectivity index (χ3v) is 5.23. The molecule has 1 atom stereocenters. The van der Waals surface area contributed by atoms with Gasteiger partial charge in [-0.2, -0.15) is 5.10 Å². The minimum atomic E-state index is -0.00710. The Labute approximate surface area is 164 Å². The van der Waals surface area contributed by atoms with Gasteiger partial charge in [0.15, 0.2) is 5.82 Å². The summed E-state index contributed by atoms with van der Waals surface area (Å²) < 4.78 is 0. The maximum Gasteiger partial charge on any atom is 0.271 e. The first kappa shape index (κ1) is 18.4. The Balaban J connectivity index is 1.50. The molecule has 1 unspecified atom stereocenters. The second-order valence-electron chi connectivity index (χ2n) is 7.11. The number of hydrogen-bond acceptors (Lipinski definition) is 5. The highest BCUT2D eigenvalue weighted by atomic mass is 16.2. The smallest absolute Gasteiger partial charge is 0.271 e. The number of nitrogens with one attached hydrogen (secondary N) is 2. The Morgan fingerprint density at radius 3 is 2.79 bits per heavy atom. The predicted octanol–water partition coefficient (Wildman–Crippen LogP) is 1.97. The van der Waals surface area contributed by atoms with Gasteiger partial charge in [0.2, 0.25) is 0 Å². The summed E-state index contributed by atoms with van der Waals surface area (Å²) in [6.45, 7) is 4.93. The largest absolute Gasteiger partial charge is 0.341 e. The molecule has 8 nitrogen and oxygen atoms in total. The Morgan fingerprint density at radius 1 is 1.21 bits per heavy atom. The number of aromatic amines is 2. The van der Waals surface area contributed by atoms with Crippen LogP contribution in [0.25, 0.3) is 0 Å². The fraction of sp³-hybridized carbons (Fsp3) is 0.400. The summed E-state index contributed by atoms with van der Waals surface area (Å²) in [5, 5.41) is 7.36. The first-order valence-corrected chi connectivity index (χ1v) is 9.65. The van der Waals surface area contributed by atoms with Crippen molar-refractivity contribution in [1.29, 1.82) is 0 Å². The van der Waals surface area contributed by atoms with E-state index in [-0.39, 0.29) is 11.9 Å². The van der Waals surface area contributed by atoms with Gasteiger partial charge in [-0.15, -0.1) is 0 Å². The lowest BCUT2D eigenvalue weighted by molar-refractivity contribution is 0.0756. The third-order valence-electron chi connectivity index (χ3n) is 5.23. The molecule has 28 heavy (non-hydrogen) atoms. The molecule has 1 aliphatic heterocycles. The number of rotatable bonds is 5. The Hall–Kier alpha value is -3.00. The standard InChI is InChI=1S/C20H25N7O/c1-15-23-19(25-24-15)18-8-10-27(20(28)17-13-21-14-22-17)12-11-26(18)9-7-16-5-3-2-4-6-16/h2-6,13-14,18H,7-12H2,1H3,(H,21,22)(H,23,24,25). The zero-order chi connectivity index (χ0) is 19.3. The lowest BCUT2D eigenvalue weighted by Gasteiger charge is -2.27. The normalized spacial score (nSPS) is 18.2. The lowest BCUT2D eigenvalue weighted by Crippen LogP contribution is -2.36. The van der Waals surface area contributed by atoms with Gasteiger partial charge in [0.05, 0.1) is 18.6 Å². The van der Waals surface area contributed by atoms with E-state index in [1.165, 1.54) is 11.9 Å². The molecular weight excluding hydrogens is 354 g/mol. The van der Waals surface area contributed by atoms with Crippen molar-refractivity contribution < 1.29 is 4.79 Å². The fourth-order valence-corrected chi connectivity index (χ4v) is 3.71. The molecular formula is C20H25N7O. The molecule has 0 radical (unpaired) electrons. The van der Waals surface area contributed by atoms with Crippen LogP contribution in [-0.4, -0.2) is 67.0 Å². The summed E-state index contributed by atoms with van der Waals surface area (Å²) in [7, 11) is 0. The van der Waals surface area contributed by atoms with Gasteiger partial charge in [0.25, 0.3) is 5.91 Å². The predicted molar refractivity (Wildman–Crippen MR) is 105 cm³/mol. The molecule has 146 valence electrons. The van der Waals surface area contributed by atoms with Gasteiger partial charge >= 0.3 is 0 Å². The zero-order valence-electron chi connectivity index (χ0n) is 16.0. The van der Waals surface area contributed by atoms with Crippen molar-refractivity contribution in [3.63, 3.8) is 0 Å². The van der Waals surface area contributed by atoms with Crippen LogP contribution >= 0.6 is 0 Å². The number of nitrogens with zero attached hydrogens (tertiary/aromatic N) is 5. The monoisotopic (exact) mass is 379 g/mol. The summed E-state index contributed by atoms with van der Waals surface area (Å²) in [5.74, 6) is 1.61. The Kier molecular flexibility index (Phi) is 5.48. The first-order chi connectivity index (χ1) is 13.7. The van der Waals surface area contributed by atoms with Crippen molar-refractivity contribution in [3.8, 4) is 0 Å². The van der Waals surface area contributed by atoms with Crippen molar-refractivity contribution >= 4 is 5.91 Å². The second-order valence-corrected chi connectivity index (χ2v) is 7.11. The zero-order valence-corrected chi connectivity index (χ0v) is 16.0. The number of carbonyl (C=O) groups excluding carboxylic acids is 1. The molecule has 0 bridgehead atoms. The highest BCUT2D eigenvalue weighted by Crippen LogP contribution is 2.25. The highest BCUT2D eigenvalue weighted by molar-refractivity contribution is 5.92. The maximum absolute atomic E-state index is 12.7. The van der Waals surface area contributed by atoms with Gasteiger partial charge in [-0.1, -0.05) is 30.3 Å². The molecule has 0 aliphatic carbocycles. The maximum atomic E-state index is 12.7. The van der Waals surface area contributed by atoms with Crippen LogP contribution in [0.3, 0.4) is 0 Å². The minimum Gasteiger partial charge on any atom is -0.341 e. The van der Waals surface area contributed by atoms with E-state index in [1.807, 2.05) is 17.9 Å².